The lowest BCUT2D eigenvalue weighted by molar-refractivity contribution is -0.114. The quantitative estimate of drug-likeness (QED) is 0.704. The maximum atomic E-state index is 13.5. The number of rotatable bonds is 3. The molecule has 0 radical (unpaired) electrons. The second kappa shape index (κ2) is 7.27. The van der Waals surface area contributed by atoms with E-state index in [9.17, 15) is 9.18 Å². The van der Waals surface area contributed by atoms with Crippen molar-refractivity contribution in [1.29, 1.82) is 5.41 Å². The summed E-state index contributed by atoms with van der Waals surface area (Å²) in [6.45, 7) is 5.76. The van der Waals surface area contributed by atoms with Crippen molar-refractivity contribution in [3.8, 4) is 5.69 Å². The van der Waals surface area contributed by atoms with Gasteiger partial charge in [-0.3, -0.25) is 10.2 Å². The van der Waals surface area contributed by atoms with Crippen LogP contribution >= 0.6 is 23.4 Å². The third-order valence-corrected chi connectivity index (χ3v) is 6.07. The topological polar surface area (TPSA) is 73.8 Å². The van der Waals surface area contributed by atoms with Gasteiger partial charge < -0.3 is 4.57 Å². The molecular weight excluding hydrogens is 413 g/mol. The molecule has 2 aliphatic rings. The Bertz CT molecular complexity index is 1160. The van der Waals surface area contributed by atoms with Gasteiger partial charge in [0.1, 0.15) is 10.9 Å². The molecule has 0 spiro atoms. The van der Waals surface area contributed by atoms with E-state index in [0.717, 1.165) is 27.7 Å². The largest absolute Gasteiger partial charge is 0.318 e. The van der Waals surface area contributed by atoms with Crippen LogP contribution in [-0.4, -0.2) is 31.5 Å². The number of hydrogen-bond donors (Lipinski definition) is 1. The van der Waals surface area contributed by atoms with Gasteiger partial charge in [-0.25, -0.2) is 4.39 Å². The first kappa shape index (κ1) is 19.6. The van der Waals surface area contributed by atoms with Crippen LogP contribution in [0.3, 0.4) is 0 Å². The molecule has 29 heavy (non-hydrogen) atoms. The van der Waals surface area contributed by atoms with Gasteiger partial charge in [-0.05, 0) is 67.9 Å². The van der Waals surface area contributed by atoms with Crippen LogP contribution in [0, 0.1) is 25.1 Å². The summed E-state index contributed by atoms with van der Waals surface area (Å²) in [4.78, 5) is 16.6. The van der Waals surface area contributed by atoms with Crippen molar-refractivity contribution in [3.63, 3.8) is 0 Å². The van der Waals surface area contributed by atoms with Crippen molar-refractivity contribution in [2.24, 2.45) is 10.1 Å². The number of benzene rings is 1. The highest BCUT2D eigenvalue weighted by Crippen LogP contribution is 2.31. The molecule has 9 heteroatoms. The van der Waals surface area contributed by atoms with Gasteiger partial charge >= 0.3 is 0 Å². The summed E-state index contributed by atoms with van der Waals surface area (Å²) in [7, 11) is 0. The number of amidine groups is 2. The lowest BCUT2D eigenvalue weighted by atomic mass is 10.1. The summed E-state index contributed by atoms with van der Waals surface area (Å²) in [5.74, 6) is -0.938. The summed E-state index contributed by atoms with van der Waals surface area (Å²) < 4.78 is 15.5. The minimum atomic E-state index is -0.481. The van der Waals surface area contributed by atoms with Crippen molar-refractivity contribution in [2.45, 2.75) is 27.2 Å². The summed E-state index contributed by atoms with van der Waals surface area (Å²) >= 11 is 7.25. The maximum absolute atomic E-state index is 13.5. The first-order valence-corrected chi connectivity index (χ1v) is 10.1. The van der Waals surface area contributed by atoms with Crippen molar-refractivity contribution in [2.75, 3.05) is 0 Å². The van der Waals surface area contributed by atoms with Gasteiger partial charge in [0.25, 0.3) is 5.91 Å². The average Bonchev–Trinajstić information content (AvgIpc) is 3.21. The van der Waals surface area contributed by atoms with E-state index in [1.54, 1.807) is 18.2 Å². The number of nitrogens with zero attached hydrogens (tertiary/aromatic N) is 4. The maximum Gasteiger partial charge on any atom is 0.283 e. The van der Waals surface area contributed by atoms with Gasteiger partial charge in [0.05, 0.1) is 10.6 Å². The normalized spacial score (nSPS) is 17.7. The van der Waals surface area contributed by atoms with E-state index in [-0.39, 0.29) is 16.4 Å². The molecule has 0 fully saturated rings. The Morgan fingerprint density at radius 2 is 2.07 bits per heavy atom. The van der Waals surface area contributed by atoms with Gasteiger partial charge in [-0.1, -0.05) is 18.5 Å². The first-order valence-electron chi connectivity index (χ1n) is 8.93. The number of amides is 1. The number of fused-ring (bicyclic) bond motifs is 1. The Kier molecular flexibility index (Phi) is 4.92. The molecule has 3 heterocycles. The molecule has 0 unspecified atom stereocenters. The number of aliphatic imine (C=N–C) groups is 1. The molecule has 6 nitrogen and oxygen atoms in total. The number of carbonyl (C=O) groups is 1. The minimum Gasteiger partial charge on any atom is -0.318 e. The molecule has 1 aromatic carbocycles. The lowest BCUT2D eigenvalue weighted by Crippen LogP contribution is -2.35. The fourth-order valence-electron chi connectivity index (χ4n) is 3.29. The molecule has 1 amide bonds. The van der Waals surface area contributed by atoms with Crippen LogP contribution in [0.4, 0.5) is 4.39 Å². The zero-order chi connectivity index (χ0) is 20.9. The molecule has 148 valence electrons. The van der Waals surface area contributed by atoms with Crippen LogP contribution in [0.2, 0.25) is 5.02 Å². The fourth-order valence-corrected chi connectivity index (χ4v) is 4.28. The molecule has 1 aromatic heterocycles. The number of carbonyl (C=O) groups excluding carboxylic acids is 1. The smallest absolute Gasteiger partial charge is 0.283 e. The fraction of sp³-hybridized carbons (Fsp3) is 0.200. The SMILES string of the molecule is CCC1=NN2C(=N)/C(=C\c3cc(C)n(-c4ccc(F)c(Cl)c4)c3C)C(=O)N=C2S1. The molecule has 0 aliphatic carbocycles. The molecule has 1 N–H and O–H groups in total. The standard InChI is InChI=1S/C20H17ClFN5OS/c1-4-17-25-27-18(23)14(19(28)24-20(27)29-17)8-12-7-10(2)26(11(12)3)13-5-6-16(22)15(21)9-13/h5-9,23H,4H2,1-3H3/b14-8+,23-18?. The van der Waals surface area contributed by atoms with E-state index in [0.29, 0.717) is 11.6 Å². The lowest BCUT2D eigenvalue weighted by Gasteiger charge is -2.20. The van der Waals surface area contributed by atoms with E-state index < -0.39 is 11.7 Å². The first-order chi connectivity index (χ1) is 13.8. The van der Waals surface area contributed by atoms with Crippen molar-refractivity contribution in [3.05, 3.63) is 57.6 Å². The molecule has 0 atom stereocenters. The third kappa shape index (κ3) is 3.32. The van der Waals surface area contributed by atoms with Crippen LogP contribution in [0.1, 0.15) is 30.3 Å². The molecule has 2 aromatic rings. The number of nitrogens with one attached hydrogen (secondary N) is 1. The van der Waals surface area contributed by atoms with Crippen molar-refractivity contribution in [1.82, 2.24) is 9.58 Å². The minimum absolute atomic E-state index is 0.00517. The Balaban J connectivity index is 1.76. The monoisotopic (exact) mass is 429 g/mol. The van der Waals surface area contributed by atoms with E-state index in [2.05, 4.69) is 10.1 Å². The van der Waals surface area contributed by atoms with Crippen molar-refractivity contribution >= 4 is 51.4 Å². The molecule has 2 aliphatic heterocycles. The van der Waals surface area contributed by atoms with Gasteiger partial charge in [0.15, 0.2) is 5.84 Å². The summed E-state index contributed by atoms with van der Waals surface area (Å²) in [6, 6.07) is 6.42. The van der Waals surface area contributed by atoms with Crippen LogP contribution in [-0.2, 0) is 4.79 Å². The summed E-state index contributed by atoms with van der Waals surface area (Å²) in [5, 5.41) is 15.5. The van der Waals surface area contributed by atoms with E-state index in [4.69, 9.17) is 17.0 Å². The number of aryl methyl sites for hydroxylation is 1. The second-order valence-electron chi connectivity index (χ2n) is 6.63. The van der Waals surface area contributed by atoms with Crippen LogP contribution in [0.15, 0.2) is 39.9 Å². The van der Waals surface area contributed by atoms with Crippen LogP contribution in [0.5, 0.6) is 0 Å². The average molecular weight is 430 g/mol. The van der Waals surface area contributed by atoms with Gasteiger partial charge in [-0.15, -0.1) is 0 Å². The van der Waals surface area contributed by atoms with E-state index >= 15 is 0 Å². The zero-order valence-electron chi connectivity index (χ0n) is 16.0. The molecule has 4 rings (SSSR count). The third-order valence-electron chi connectivity index (χ3n) is 4.73. The van der Waals surface area contributed by atoms with Gasteiger partial charge in [-0.2, -0.15) is 15.1 Å². The predicted molar refractivity (Wildman–Crippen MR) is 116 cm³/mol. The van der Waals surface area contributed by atoms with E-state index in [1.807, 2.05) is 31.4 Å². The Hall–Kier alpha value is -2.71. The Morgan fingerprint density at radius 3 is 2.76 bits per heavy atom. The number of aromatic nitrogens is 1. The van der Waals surface area contributed by atoms with Crippen molar-refractivity contribution < 1.29 is 9.18 Å². The summed E-state index contributed by atoms with van der Waals surface area (Å²) in [5.41, 5.74) is 3.38. The molecular formula is C20H17ClFN5OS. The van der Waals surface area contributed by atoms with Gasteiger partial charge in [0.2, 0.25) is 5.17 Å². The highest BCUT2D eigenvalue weighted by atomic mass is 35.5. The van der Waals surface area contributed by atoms with Gasteiger partial charge in [0, 0.05) is 17.1 Å². The Morgan fingerprint density at radius 1 is 1.31 bits per heavy atom. The molecule has 0 saturated heterocycles. The number of thioether (sulfide) groups is 1. The van der Waals surface area contributed by atoms with Crippen LogP contribution in [0.25, 0.3) is 11.8 Å². The Labute approximate surface area is 176 Å². The number of hydrogen-bond acceptors (Lipinski definition) is 4. The van der Waals surface area contributed by atoms with Crippen LogP contribution < -0.4 is 0 Å². The summed E-state index contributed by atoms with van der Waals surface area (Å²) in [6.07, 6.45) is 2.36. The highest BCUT2D eigenvalue weighted by molar-refractivity contribution is 8.26. The number of halogens is 2. The zero-order valence-corrected chi connectivity index (χ0v) is 17.5. The second-order valence-corrected chi connectivity index (χ2v) is 8.08. The highest BCUT2D eigenvalue weighted by Gasteiger charge is 2.35. The number of hydrazone groups is 1. The molecule has 0 saturated carbocycles. The van der Waals surface area contributed by atoms with E-state index in [1.165, 1.54) is 22.8 Å². The molecule has 0 bridgehead atoms. The predicted octanol–water partition coefficient (Wildman–Crippen LogP) is 4.92.